The molecule has 0 bridgehead atoms. The van der Waals surface area contributed by atoms with E-state index in [2.05, 4.69) is 36.1 Å². The number of nitriles is 1. The number of hydrogen-bond donors (Lipinski definition) is 4. The Morgan fingerprint density at radius 1 is 1.38 bits per heavy atom. The molecule has 10 nitrogen and oxygen atoms in total. The zero-order chi connectivity index (χ0) is 18.6. The van der Waals surface area contributed by atoms with E-state index in [1.807, 2.05) is 6.07 Å². The average Bonchev–Trinajstić information content (AvgIpc) is 3.07. The molecule has 1 fully saturated rings. The predicted octanol–water partition coefficient (Wildman–Crippen LogP) is 0.0943. The van der Waals surface area contributed by atoms with E-state index in [0.717, 1.165) is 0 Å². The number of halogens is 1. The van der Waals surface area contributed by atoms with E-state index in [9.17, 15) is 9.18 Å². The van der Waals surface area contributed by atoms with E-state index in [1.54, 1.807) is 0 Å². The molecule has 1 aliphatic rings. The Labute approximate surface area is 148 Å². The molecular formula is C15H16FN9O. The van der Waals surface area contributed by atoms with Gasteiger partial charge in [-0.15, -0.1) is 10.2 Å². The summed E-state index contributed by atoms with van der Waals surface area (Å²) in [6.07, 6.45) is 3.03. The molecular weight excluding hydrogens is 341 g/mol. The summed E-state index contributed by atoms with van der Waals surface area (Å²) in [6, 6.07) is 3.35. The first-order valence-electron chi connectivity index (χ1n) is 7.79. The van der Waals surface area contributed by atoms with E-state index < -0.39 is 11.6 Å². The number of hydrogen-bond acceptors (Lipinski definition) is 9. The van der Waals surface area contributed by atoms with Gasteiger partial charge in [-0.3, -0.25) is 4.79 Å². The molecule has 0 saturated carbocycles. The van der Waals surface area contributed by atoms with E-state index in [4.69, 9.17) is 11.0 Å². The lowest BCUT2D eigenvalue weighted by atomic mass is 10.1. The number of nitrogens with one attached hydrogen (secondary N) is 3. The predicted molar refractivity (Wildman–Crippen MR) is 90.4 cm³/mol. The molecule has 1 unspecified atom stereocenters. The molecule has 1 atom stereocenters. The van der Waals surface area contributed by atoms with Gasteiger partial charge in [-0.25, -0.2) is 14.4 Å². The van der Waals surface area contributed by atoms with Crippen LogP contribution in [0.5, 0.6) is 0 Å². The second-order valence-corrected chi connectivity index (χ2v) is 5.81. The van der Waals surface area contributed by atoms with Crippen LogP contribution in [0.1, 0.15) is 22.6 Å². The van der Waals surface area contributed by atoms with E-state index in [1.165, 1.54) is 18.5 Å². The third-order valence-corrected chi connectivity index (χ3v) is 3.84. The van der Waals surface area contributed by atoms with Gasteiger partial charge in [-0.05, 0) is 13.0 Å². The lowest BCUT2D eigenvalue weighted by molar-refractivity contribution is 0.0995. The number of nitrogens with two attached hydrogens (primary N) is 1. The van der Waals surface area contributed by atoms with Crippen molar-refractivity contribution >= 4 is 23.2 Å². The summed E-state index contributed by atoms with van der Waals surface area (Å²) in [5.41, 5.74) is 4.24. The topological polar surface area (TPSA) is 155 Å². The van der Waals surface area contributed by atoms with Crippen LogP contribution < -0.4 is 21.7 Å². The molecule has 11 heteroatoms. The highest BCUT2D eigenvalue weighted by atomic mass is 19.1. The standard InChI is InChI=1S/C15H16FN9O/c16-15(1-2-19-7-15)8-22-10-3-11(24-25-13(10)14(18)26)23-12-6-20-9(4-17)5-21-12/h3,5-6,19H,1-2,7-8H2,(H2,18,26)(H2,21,22,23,24). The van der Waals surface area contributed by atoms with Crippen LogP contribution in [0.4, 0.5) is 21.7 Å². The Kier molecular flexibility index (Phi) is 4.85. The van der Waals surface area contributed by atoms with Crippen LogP contribution in [-0.4, -0.2) is 51.4 Å². The van der Waals surface area contributed by atoms with Gasteiger partial charge in [-0.1, -0.05) is 0 Å². The van der Waals surface area contributed by atoms with Crippen LogP contribution in [0.25, 0.3) is 0 Å². The highest BCUT2D eigenvalue weighted by Crippen LogP contribution is 2.23. The fraction of sp³-hybridized carbons (Fsp3) is 0.333. The van der Waals surface area contributed by atoms with Gasteiger partial charge >= 0.3 is 0 Å². The summed E-state index contributed by atoms with van der Waals surface area (Å²) in [4.78, 5) is 19.4. The molecule has 0 aliphatic carbocycles. The monoisotopic (exact) mass is 357 g/mol. The summed E-state index contributed by atoms with van der Waals surface area (Å²) < 4.78 is 14.5. The van der Waals surface area contributed by atoms with Gasteiger partial charge in [0.15, 0.2) is 17.2 Å². The van der Waals surface area contributed by atoms with Gasteiger partial charge in [0, 0.05) is 12.6 Å². The summed E-state index contributed by atoms with van der Waals surface area (Å²) in [5.74, 6) is -0.186. The average molecular weight is 357 g/mol. The summed E-state index contributed by atoms with van der Waals surface area (Å²) >= 11 is 0. The smallest absolute Gasteiger partial charge is 0.271 e. The van der Waals surface area contributed by atoms with Crippen LogP contribution >= 0.6 is 0 Å². The number of primary amides is 1. The first-order valence-corrected chi connectivity index (χ1v) is 7.79. The molecule has 5 N–H and O–H groups in total. The largest absolute Gasteiger partial charge is 0.380 e. The van der Waals surface area contributed by atoms with Gasteiger partial charge in [-0.2, -0.15) is 5.26 Å². The normalized spacial score (nSPS) is 18.9. The number of aromatic nitrogens is 4. The molecule has 3 rings (SSSR count). The first kappa shape index (κ1) is 17.4. The molecule has 3 heterocycles. The van der Waals surface area contributed by atoms with Crippen molar-refractivity contribution in [2.45, 2.75) is 12.1 Å². The van der Waals surface area contributed by atoms with Crippen LogP contribution in [0.3, 0.4) is 0 Å². The van der Waals surface area contributed by atoms with Gasteiger partial charge in [0.25, 0.3) is 5.91 Å². The zero-order valence-corrected chi connectivity index (χ0v) is 13.7. The van der Waals surface area contributed by atoms with Gasteiger partial charge in [0.2, 0.25) is 0 Å². The van der Waals surface area contributed by atoms with Gasteiger partial charge < -0.3 is 21.7 Å². The van der Waals surface area contributed by atoms with E-state index in [-0.39, 0.29) is 36.0 Å². The Morgan fingerprint density at radius 3 is 2.85 bits per heavy atom. The molecule has 1 saturated heterocycles. The molecule has 0 spiro atoms. The number of nitrogens with zero attached hydrogens (tertiary/aromatic N) is 5. The fourth-order valence-corrected chi connectivity index (χ4v) is 2.47. The van der Waals surface area contributed by atoms with Crippen LogP contribution in [0.2, 0.25) is 0 Å². The number of alkyl halides is 1. The fourth-order valence-electron chi connectivity index (χ4n) is 2.47. The van der Waals surface area contributed by atoms with E-state index in [0.29, 0.717) is 18.8 Å². The molecule has 1 amide bonds. The minimum atomic E-state index is -1.41. The van der Waals surface area contributed by atoms with Crippen molar-refractivity contribution in [1.82, 2.24) is 25.5 Å². The lowest BCUT2D eigenvalue weighted by Gasteiger charge is -2.20. The minimum Gasteiger partial charge on any atom is -0.380 e. The van der Waals surface area contributed by atoms with Crippen molar-refractivity contribution in [2.24, 2.45) is 5.73 Å². The second-order valence-electron chi connectivity index (χ2n) is 5.81. The third kappa shape index (κ3) is 3.98. The summed E-state index contributed by atoms with van der Waals surface area (Å²) in [6.45, 7) is 0.831. The van der Waals surface area contributed by atoms with Crippen LogP contribution in [0.15, 0.2) is 18.5 Å². The quantitative estimate of drug-likeness (QED) is 0.563. The van der Waals surface area contributed by atoms with Crippen LogP contribution in [0, 0.1) is 11.3 Å². The molecule has 0 aromatic carbocycles. The number of anilines is 3. The van der Waals surface area contributed by atoms with E-state index >= 15 is 0 Å². The lowest BCUT2D eigenvalue weighted by Crippen LogP contribution is -2.35. The third-order valence-electron chi connectivity index (χ3n) is 3.84. The molecule has 0 radical (unpaired) electrons. The number of rotatable bonds is 6. The molecule has 2 aromatic heterocycles. The van der Waals surface area contributed by atoms with Crippen molar-refractivity contribution in [2.75, 3.05) is 30.3 Å². The van der Waals surface area contributed by atoms with Crippen molar-refractivity contribution < 1.29 is 9.18 Å². The highest BCUT2D eigenvalue weighted by molar-refractivity contribution is 5.96. The summed E-state index contributed by atoms with van der Waals surface area (Å²) in [7, 11) is 0. The SMILES string of the molecule is N#Cc1cnc(Nc2cc(NCC3(F)CCNC3)c(C(N)=O)nn2)cn1. The Hall–Kier alpha value is -3.39. The van der Waals surface area contributed by atoms with Gasteiger partial charge in [0.05, 0.1) is 24.6 Å². The van der Waals surface area contributed by atoms with Crippen molar-refractivity contribution in [3.8, 4) is 6.07 Å². The maximum atomic E-state index is 14.5. The maximum absolute atomic E-state index is 14.5. The number of carbonyl (C=O) groups is 1. The van der Waals surface area contributed by atoms with Gasteiger partial charge in [0.1, 0.15) is 17.6 Å². The molecule has 26 heavy (non-hydrogen) atoms. The minimum absolute atomic E-state index is 0.00207. The van der Waals surface area contributed by atoms with Crippen molar-refractivity contribution in [1.29, 1.82) is 5.26 Å². The van der Waals surface area contributed by atoms with Crippen LogP contribution in [-0.2, 0) is 0 Å². The van der Waals surface area contributed by atoms with Crippen molar-refractivity contribution in [3.05, 3.63) is 29.8 Å². The molecule has 2 aromatic rings. The first-order chi connectivity index (χ1) is 12.5. The Morgan fingerprint density at radius 2 is 2.23 bits per heavy atom. The zero-order valence-electron chi connectivity index (χ0n) is 13.7. The second kappa shape index (κ2) is 7.24. The Bertz CT molecular complexity index is 843. The number of carbonyl (C=O) groups excluding carboxylic acids is 1. The Balaban J connectivity index is 1.78. The molecule has 1 aliphatic heterocycles. The van der Waals surface area contributed by atoms with Crippen molar-refractivity contribution in [3.63, 3.8) is 0 Å². The maximum Gasteiger partial charge on any atom is 0.271 e. The summed E-state index contributed by atoms with van der Waals surface area (Å²) in [5, 5.41) is 25.1. The highest BCUT2D eigenvalue weighted by Gasteiger charge is 2.33. The number of amides is 1. The molecule has 134 valence electrons.